The molecule has 86 valence electrons. The van der Waals surface area contributed by atoms with Crippen molar-refractivity contribution in [2.24, 2.45) is 0 Å². The van der Waals surface area contributed by atoms with Gasteiger partial charge in [0, 0.05) is 19.4 Å². The van der Waals surface area contributed by atoms with Crippen LogP contribution in [-0.4, -0.2) is 24.0 Å². The summed E-state index contributed by atoms with van der Waals surface area (Å²) in [5, 5.41) is 1.78. The zero-order valence-electron chi connectivity index (χ0n) is 9.81. The van der Waals surface area contributed by atoms with Crippen LogP contribution in [0.1, 0.15) is 31.2 Å². The molecule has 0 bridgehead atoms. The summed E-state index contributed by atoms with van der Waals surface area (Å²) in [5.41, 5.74) is 4.26. The lowest BCUT2D eigenvalue weighted by Crippen LogP contribution is -2.42. The number of hydrogen-bond donors (Lipinski definition) is 1. The van der Waals surface area contributed by atoms with E-state index in [-0.39, 0.29) is 11.9 Å². The van der Waals surface area contributed by atoms with Crippen LogP contribution in [0.4, 0.5) is 0 Å². The van der Waals surface area contributed by atoms with Gasteiger partial charge in [-0.3, -0.25) is 9.80 Å². The summed E-state index contributed by atoms with van der Waals surface area (Å²) >= 11 is 0. The van der Waals surface area contributed by atoms with E-state index in [2.05, 4.69) is 24.5 Å². The van der Waals surface area contributed by atoms with E-state index >= 15 is 0 Å². The Kier molecular flexibility index (Phi) is 3.25. The van der Waals surface area contributed by atoms with Crippen LogP contribution in [0.3, 0.4) is 0 Å². The Balaban J connectivity index is 2.26. The smallest absolute Gasteiger partial charge is 0.237 e. The van der Waals surface area contributed by atoms with E-state index in [0.717, 1.165) is 6.42 Å². The van der Waals surface area contributed by atoms with Crippen LogP contribution in [0.5, 0.6) is 0 Å². The van der Waals surface area contributed by atoms with E-state index in [1.54, 1.807) is 5.01 Å². The first kappa shape index (κ1) is 11.1. The van der Waals surface area contributed by atoms with E-state index in [1.165, 1.54) is 5.56 Å². The predicted molar refractivity (Wildman–Crippen MR) is 63.8 cm³/mol. The van der Waals surface area contributed by atoms with E-state index in [4.69, 9.17) is 0 Å². The number of amides is 1. The van der Waals surface area contributed by atoms with Gasteiger partial charge in [-0.05, 0) is 12.0 Å². The highest BCUT2D eigenvalue weighted by Crippen LogP contribution is 2.34. The molecule has 0 aliphatic carbocycles. The number of benzene rings is 1. The molecule has 0 saturated carbocycles. The maximum absolute atomic E-state index is 11.8. The molecule has 1 amide bonds. The molecule has 1 saturated heterocycles. The molecule has 1 fully saturated rings. The minimum absolute atomic E-state index is 0.197. The van der Waals surface area contributed by atoms with Crippen molar-refractivity contribution >= 4 is 5.91 Å². The van der Waals surface area contributed by atoms with Crippen molar-refractivity contribution in [3.05, 3.63) is 35.9 Å². The number of hydrazine groups is 1. The quantitative estimate of drug-likeness (QED) is 0.840. The molecule has 3 nitrogen and oxygen atoms in total. The van der Waals surface area contributed by atoms with Crippen LogP contribution in [0.25, 0.3) is 0 Å². The summed E-state index contributed by atoms with van der Waals surface area (Å²) in [5.74, 6) is 0.523. The van der Waals surface area contributed by atoms with Gasteiger partial charge >= 0.3 is 0 Å². The Morgan fingerprint density at radius 2 is 2.06 bits per heavy atom. The molecule has 1 N–H and O–H groups in total. The molecule has 1 aliphatic rings. The SMILES string of the molecule is CC[C@H]1[C@H](c2ccccc2)CC(=O)N1NC. The summed E-state index contributed by atoms with van der Waals surface area (Å²) in [6.45, 7) is 2.13. The molecule has 0 radical (unpaired) electrons. The van der Waals surface area contributed by atoms with Gasteiger partial charge in [-0.2, -0.15) is 0 Å². The second-order valence-electron chi connectivity index (χ2n) is 4.18. The van der Waals surface area contributed by atoms with E-state index in [1.807, 2.05) is 25.2 Å². The number of hydrogen-bond acceptors (Lipinski definition) is 2. The number of carbonyl (C=O) groups excluding carboxylic acids is 1. The molecule has 3 heteroatoms. The minimum atomic E-state index is 0.197. The van der Waals surface area contributed by atoms with E-state index < -0.39 is 0 Å². The van der Waals surface area contributed by atoms with Gasteiger partial charge in [0.2, 0.25) is 5.91 Å². The van der Waals surface area contributed by atoms with Gasteiger partial charge < -0.3 is 0 Å². The van der Waals surface area contributed by atoms with Crippen molar-refractivity contribution in [3.8, 4) is 0 Å². The van der Waals surface area contributed by atoms with Gasteiger partial charge in [-0.1, -0.05) is 37.3 Å². The van der Waals surface area contributed by atoms with Gasteiger partial charge in [-0.25, -0.2) is 5.43 Å². The summed E-state index contributed by atoms with van der Waals surface area (Å²) in [7, 11) is 1.81. The van der Waals surface area contributed by atoms with Crippen molar-refractivity contribution in [1.29, 1.82) is 0 Å². The monoisotopic (exact) mass is 218 g/mol. The molecule has 1 aromatic rings. The lowest BCUT2D eigenvalue weighted by Gasteiger charge is -2.26. The summed E-state index contributed by atoms with van der Waals surface area (Å²) in [6.07, 6.45) is 1.59. The van der Waals surface area contributed by atoms with Crippen molar-refractivity contribution in [1.82, 2.24) is 10.4 Å². The van der Waals surface area contributed by atoms with Gasteiger partial charge in [0.15, 0.2) is 0 Å². The molecule has 0 unspecified atom stereocenters. The van der Waals surface area contributed by atoms with Crippen LogP contribution in [0.2, 0.25) is 0 Å². The second kappa shape index (κ2) is 4.66. The zero-order valence-corrected chi connectivity index (χ0v) is 9.81. The van der Waals surface area contributed by atoms with Gasteiger partial charge in [0.1, 0.15) is 0 Å². The molecule has 0 spiro atoms. The topological polar surface area (TPSA) is 32.3 Å². The molecule has 16 heavy (non-hydrogen) atoms. The number of carbonyl (C=O) groups is 1. The highest BCUT2D eigenvalue weighted by molar-refractivity contribution is 5.80. The molecule has 1 aliphatic heterocycles. The lowest BCUT2D eigenvalue weighted by atomic mass is 9.90. The third-order valence-electron chi connectivity index (χ3n) is 3.35. The summed E-state index contributed by atoms with van der Waals surface area (Å²) in [6, 6.07) is 10.6. The normalized spacial score (nSPS) is 25.1. The van der Waals surface area contributed by atoms with Crippen LogP contribution < -0.4 is 5.43 Å². The van der Waals surface area contributed by atoms with Gasteiger partial charge in [0.05, 0.1) is 6.04 Å². The van der Waals surface area contributed by atoms with Crippen molar-refractivity contribution < 1.29 is 4.79 Å². The van der Waals surface area contributed by atoms with Gasteiger partial charge in [0.25, 0.3) is 0 Å². The van der Waals surface area contributed by atoms with Crippen molar-refractivity contribution in [2.75, 3.05) is 7.05 Å². The first-order chi connectivity index (χ1) is 7.77. The minimum Gasteiger partial charge on any atom is -0.275 e. The van der Waals surface area contributed by atoms with Crippen LogP contribution in [0.15, 0.2) is 30.3 Å². The first-order valence-electron chi connectivity index (χ1n) is 5.82. The molecular formula is C13H18N2O. The number of rotatable bonds is 3. The Labute approximate surface area is 96.4 Å². The molecule has 1 aromatic carbocycles. The molecule has 2 rings (SSSR count). The summed E-state index contributed by atoms with van der Waals surface area (Å²) < 4.78 is 0. The molecule has 0 aromatic heterocycles. The van der Waals surface area contributed by atoms with Gasteiger partial charge in [-0.15, -0.1) is 0 Å². The average molecular weight is 218 g/mol. The number of nitrogens with one attached hydrogen (secondary N) is 1. The highest BCUT2D eigenvalue weighted by atomic mass is 16.2. The first-order valence-corrected chi connectivity index (χ1v) is 5.82. The summed E-state index contributed by atoms with van der Waals surface area (Å²) in [4.78, 5) is 11.8. The zero-order chi connectivity index (χ0) is 11.5. The Morgan fingerprint density at radius 3 is 2.62 bits per heavy atom. The van der Waals surface area contributed by atoms with Crippen molar-refractivity contribution in [2.45, 2.75) is 31.7 Å². The predicted octanol–water partition coefficient (Wildman–Crippen LogP) is 1.92. The highest BCUT2D eigenvalue weighted by Gasteiger charge is 2.38. The Morgan fingerprint density at radius 1 is 1.38 bits per heavy atom. The lowest BCUT2D eigenvalue weighted by molar-refractivity contribution is -0.131. The average Bonchev–Trinajstić information content (AvgIpc) is 2.66. The third-order valence-corrected chi connectivity index (χ3v) is 3.35. The van der Waals surface area contributed by atoms with Crippen LogP contribution >= 0.6 is 0 Å². The largest absolute Gasteiger partial charge is 0.275 e. The molecule has 1 heterocycles. The van der Waals surface area contributed by atoms with Crippen molar-refractivity contribution in [3.63, 3.8) is 0 Å². The van der Waals surface area contributed by atoms with E-state index in [0.29, 0.717) is 12.3 Å². The Hall–Kier alpha value is -1.35. The Bertz CT molecular complexity index is 363. The second-order valence-corrected chi connectivity index (χ2v) is 4.18. The molecular weight excluding hydrogens is 200 g/mol. The fourth-order valence-electron chi connectivity index (χ4n) is 2.59. The third kappa shape index (κ3) is 1.83. The maximum Gasteiger partial charge on any atom is 0.237 e. The number of nitrogens with zero attached hydrogens (tertiary/aromatic N) is 1. The maximum atomic E-state index is 11.8. The molecule has 2 atom stereocenters. The fourth-order valence-corrected chi connectivity index (χ4v) is 2.59. The van der Waals surface area contributed by atoms with E-state index in [9.17, 15) is 4.79 Å². The van der Waals surface area contributed by atoms with Crippen LogP contribution in [0, 0.1) is 0 Å². The van der Waals surface area contributed by atoms with Crippen LogP contribution in [-0.2, 0) is 4.79 Å². The standard InChI is InChI=1S/C13H18N2O/c1-3-12-11(9-13(16)15(12)14-2)10-7-5-4-6-8-10/h4-8,11-12,14H,3,9H2,1-2H3/t11-,12-/m0/s1. The fraction of sp³-hybridized carbons (Fsp3) is 0.462.